The van der Waals surface area contributed by atoms with E-state index in [1.807, 2.05) is 10.7 Å². The number of carbonyl (C=O) groups is 1. The van der Waals surface area contributed by atoms with Crippen LogP contribution in [0.15, 0.2) is 36.5 Å². The molecule has 0 saturated carbocycles. The van der Waals surface area contributed by atoms with E-state index in [1.165, 1.54) is 11.1 Å². The lowest BCUT2D eigenvalue weighted by Crippen LogP contribution is -2.18. The van der Waals surface area contributed by atoms with Crippen LogP contribution < -0.4 is 5.32 Å². The highest BCUT2D eigenvalue weighted by Gasteiger charge is 2.08. The van der Waals surface area contributed by atoms with E-state index in [4.69, 9.17) is 0 Å². The summed E-state index contributed by atoms with van der Waals surface area (Å²) >= 11 is 1.62. The van der Waals surface area contributed by atoms with Crippen LogP contribution >= 0.6 is 11.8 Å². The third kappa shape index (κ3) is 5.22. The van der Waals surface area contributed by atoms with Crippen molar-refractivity contribution in [2.45, 2.75) is 33.1 Å². The Labute approximate surface area is 136 Å². The number of amides is 1. The van der Waals surface area contributed by atoms with E-state index in [2.05, 4.69) is 55.5 Å². The van der Waals surface area contributed by atoms with Gasteiger partial charge in [0.15, 0.2) is 0 Å². The molecule has 0 spiro atoms. The summed E-state index contributed by atoms with van der Waals surface area (Å²) in [5.41, 5.74) is 2.50. The summed E-state index contributed by atoms with van der Waals surface area (Å²) < 4.78 is 1.84. The van der Waals surface area contributed by atoms with Crippen LogP contribution in [0, 0.1) is 12.8 Å². The number of nitrogens with one attached hydrogen (secondary N) is 1. The Morgan fingerprint density at radius 2 is 2.00 bits per heavy atom. The first-order chi connectivity index (χ1) is 10.5. The first-order valence-electron chi connectivity index (χ1n) is 7.49. The maximum Gasteiger partial charge on any atom is 0.235 e. The number of aromatic nitrogens is 2. The summed E-state index contributed by atoms with van der Waals surface area (Å²) in [7, 11) is 0. The minimum Gasteiger partial charge on any atom is -0.310 e. The lowest BCUT2D eigenvalue weighted by molar-refractivity contribution is -0.113. The zero-order valence-corrected chi connectivity index (χ0v) is 14.2. The summed E-state index contributed by atoms with van der Waals surface area (Å²) in [6.45, 7) is 7.14. The molecule has 1 N–H and O–H groups in total. The van der Waals surface area contributed by atoms with Crippen LogP contribution in [0.2, 0.25) is 0 Å². The monoisotopic (exact) mass is 317 g/mol. The second kappa shape index (κ2) is 8.03. The van der Waals surface area contributed by atoms with Crippen molar-refractivity contribution in [2.24, 2.45) is 5.92 Å². The predicted octanol–water partition coefficient (Wildman–Crippen LogP) is 3.72. The Morgan fingerprint density at radius 1 is 1.27 bits per heavy atom. The fraction of sp³-hybridized carbons (Fsp3) is 0.412. The van der Waals surface area contributed by atoms with Crippen molar-refractivity contribution in [3.8, 4) is 0 Å². The van der Waals surface area contributed by atoms with Gasteiger partial charge in [0.2, 0.25) is 5.91 Å². The molecule has 0 unspecified atom stereocenters. The van der Waals surface area contributed by atoms with Crippen molar-refractivity contribution in [3.05, 3.63) is 47.7 Å². The Bertz CT molecular complexity index is 605. The molecule has 22 heavy (non-hydrogen) atoms. The van der Waals surface area contributed by atoms with Gasteiger partial charge in [0.05, 0.1) is 11.9 Å². The predicted molar refractivity (Wildman–Crippen MR) is 93.0 cm³/mol. The largest absolute Gasteiger partial charge is 0.310 e. The average molecular weight is 317 g/mol. The van der Waals surface area contributed by atoms with Gasteiger partial charge in [0.1, 0.15) is 5.82 Å². The Kier molecular flexibility index (Phi) is 6.07. The molecule has 0 saturated heterocycles. The molecule has 1 heterocycles. The summed E-state index contributed by atoms with van der Waals surface area (Å²) in [6, 6.07) is 10.3. The molecule has 0 fully saturated rings. The van der Waals surface area contributed by atoms with Crippen molar-refractivity contribution in [3.63, 3.8) is 0 Å². The number of anilines is 1. The molecule has 0 aliphatic heterocycles. The van der Waals surface area contributed by atoms with Gasteiger partial charge in [0, 0.05) is 18.4 Å². The Morgan fingerprint density at radius 3 is 2.68 bits per heavy atom. The number of hydrogen-bond donors (Lipinski definition) is 1. The summed E-state index contributed by atoms with van der Waals surface area (Å²) in [5.74, 6) is 2.57. The Balaban J connectivity index is 1.78. The van der Waals surface area contributed by atoms with E-state index in [0.29, 0.717) is 11.7 Å². The van der Waals surface area contributed by atoms with Gasteiger partial charge in [-0.1, -0.05) is 43.7 Å². The maximum absolute atomic E-state index is 12.0. The van der Waals surface area contributed by atoms with Crippen molar-refractivity contribution >= 4 is 23.5 Å². The minimum atomic E-state index is 0.0163. The van der Waals surface area contributed by atoms with E-state index < -0.39 is 0 Å². The van der Waals surface area contributed by atoms with Gasteiger partial charge in [-0.15, -0.1) is 11.8 Å². The first kappa shape index (κ1) is 16.6. The molecule has 0 bridgehead atoms. The third-order valence-corrected chi connectivity index (χ3v) is 4.15. The number of nitrogens with zero attached hydrogens (tertiary/aromatic N) is 2. The van der Waals surface area contributed by atoms with Crippen LogP contribution in [0.25, 0.3) is 0 Å². The van der Waals surface area contributed by atoms with Crippen LogP contribution in [-0.4, -0.2) is 21.4 Å². The lowest BCUT2D eigenvalue weighted by Gasteiger charge is -2.10. The van der Waals surface area contributed by atoms with Crippen molar-refractivity contribution in [2.75, 3.05) is 11.1 Å². The molecule has 5 heteroatoms. The smallest absolute Gasteiger partial charge is 0.235 e. The first-order valence-corrected chi connectivity index (χ1v) is 8.65. The van der Waals surface area contributed by atoms with Gasteiger partial charge >= 0.3 is 0 Å². The van der Waals surface area contributed by atoms with Gasteiger partial charge in [-0.05, 0) is 18.4 Å². The highest BCUT2D eigenvalue weighted by molar-refractivity contribution is 7.99. The molecule has 1 aromatic heterocycles. The van der Waals surface area contributed by atoms with Crippen molar-refractivity contribution in [1.29, 1.82) is 0 Å². The number of aryl methyl sites for hydroxylation is 1. The van der Waals surface area contributed by atoms with Gasteiger partial charge in [-0.3, -0.25) is 4.79 Å². The van der Waals surface area contributed by atoms with Gasteiger partial charge in [-0.25, -0.2) is 4.68 Å². The van der Waals surface area contributed by atoms with Gasteiger partial charge in [0.25, 0.3) is 0 Å². The van der Waals surface area contributed by atoms with E-state index in [9.17, 15) is 4.79 Å². The number of hydrogen-bond acceptors (Lipinski definition) is 3. The zero-order chi connectivity index (χ0) is 15.9. The topological polar surface area (TPSA) is 46.9 Å². The fourth-order valence-electron chi connectivity index (χ4n) is 2.06. The standard InChI is InChI=1S/C17H23N3OS/c1-13(2)10-20-16(8-9-18-20)19-17(21)12-22-11-15-6-4-14(3)5-7-15/h4-9,13H,10-12H2,1-3H3,(H,19,21). The molecule has 1 amide bonds. The second-order valence-electron chi connectivity index (χ2n) is 5.82. The molecule has 1 aromatic carbocycles. The van der Waals surface area contributed by atoms with Crippen molar-refractivity contribution < 1.29 is 4.79 Å². The quantitative estimate of drug-likeness (QED) is 0.846. The molecule has 0 atom stereocenters. The number of rotatable bonds is 7. The molecule has 0 aliphatic rings. The molecular weight excluding hydrogens is 294 g/mol. The number of thioether (sulfide) groups is 1. The van der Waals surface area contributed by atoms with E-state index in [-0.39, 0.29) is 5.91 Å². The number of carbonyl (C=O) groups excluding carboxylic acids is 1. The molecule has 4 nitrogen and oxygen atoms in total. The van der Waals surface area contributed by atoms with Crippen molar-refractivity contribution in [1.82, 2.24) is 9.78 Å². The van der Waals surface area contributed by atoms with Crippen LogP contribution in [0.1, 0.15) is 25.0 Å². The molecular formula is C17H23N3OS. The molecule has 2 rings (SSSR count). The van der Waals surface area contributed by atoms with E-state index >= 15 is 0 Å². The van der Waals surface area contributed by atoms with Crippen LogP contribution in [-0.2, 0) is 17.1 Å². The summed E-state index contributed by atoms with van der Waals surface area (Å²) in [4.78, 5) is 12.0. The molecule has 118 valence electrons. The zero-order valence-electron chi connectivity index (χ0n) is 13.4. The Hall–Kier alpha value is -1.75. The van der Waals surface area contributed by atoms with Gasteiger partial charge in [-0.2, -0.15) is 5.10 Å². The molecule has 0 radical (unpaired) electrons. The van der Waals surface area contributed by atoms with E-state index in [1.54, 1.807) is 18.0 Å². The maximum atomic E-state index is 12.0. The summed E-state index contributed by atoms with van der Waals surface area (Å²) in [6.07, 6.45) is 1.72. The SMILES string of the molecule is Cc1ccc(CSCC(=O)Nc2ccnn2CC(C)C)cc1. The summed E-state index contributed by atoms with van der Waals surface area (Å²) in [5, 5.41) is 7.17. The van der Waals surface area contributed by atoms with Crippen LogP contribution in [0.4, 0.5) is 5.82 Å². The normalized spacial score (nSPS) is 10.9. The van der Waals surface area contributed by atoms with E-state index in [0.717, 1.165) is 18.1 Å². The molecule has 2 aromatic rings. The second-order valence-corrected chi connectivity index (χ2v) is 6.80. The van der Waals surface area contributed by atoms with Crippen LogP contribution in [0.3, 0.4) is 0 Å². The third-order valence-electron chi connectivity index (χ3n) is 3.14. The van der Waals surface area contributed by atoms with Gasteiger partial charge < -0.3 is 5.32 Å². The van der Waals surface area contributed by atoms with Crippen LogP contribution in [0.5, 0.6) is 0 Å². The minimum absolute atomic E-state index is 0.0163. The number of benzene rings is 1. The average Bonchev–Trinajstić information content (AvgIpc) is 2.87. The molecule has 0 aliphatic carbocycles. The fourth-order valence-corrected chi connectivity index (χ4v) is 2.84. The highest BCUT2D eigenvalue weighted by Crippen LogP contribution is 2.14. The highest BCUT2D eigenvalue weighted by atomic mass is 32.2. The lowest BCUT2D eigenvalue weighted by atomic mass is 10.2.